The Balaban J connectivity index is 0.000000133. The lowest BCUT2D eigenvalue weighted by Gasteiger charge is -1.96. The highest BCUT2D eigenvalue weighted by Crippen LogP contribution is 2.38. The van der Waals surface area contributed by atoms with E-state index in [2.05, 4.69) is 16.9 Å². The molecule has 0 heterocycles. The molecule has 1 fully saturated rings. The van der Waals surface area contributed by atoms with Gasteiger partial charge in [-0.25, -0.2) is 4.79 Å². The second kappa shape index (κ2) is 4.90. The first-order chi connectivity index (χ1) is 6.22. The summed E-state index contributed by atoms with van der Waals surface area (Å²) < 4.78 is 3.96. The van der Waals surface area contributed by atoms with Gasteiger partial charge < -0.3 is 9.84 Å². The van der Waals surface area contributed by atoms with Crippen LogP contribution in [0.25, 0.3) is 0 Å². The number of ether oxygens (including phenoxy) is 1. The Morgan fingerprint density at radius 1 is 1.46 bits per heavy atom. The quantitative estimate of drug-likeness (QED) is 0.503. The Hall–Kier alpha value is -0.990. The average molecular weight is 184 g/mol. The van der Waals surface area contributed by atoms with Crippen LogP contribution in [-0.4, -0.2) is 17.9 Å². The molecule has 2 aliphatic rings. The van der Waals surface area contributed by atoms with E-state index in [4.69, 9.17) is 5.11 Å². The Bertz CT molecular complexity index is 186. The van der Waals surface area contributed by atoms with E-state index in [0.717, 1.165) is 11.8 Å². The van der Waals surface area contributed by atoms with Gasteiger partial charge in [-0.15, -0.1) is 0 Å². The standard InChI is InChI=1S/C7H10.C3H6O3/c1-2-7-4-3-6(1)5-7;1-2-6-3(4)5/h1-2,6-7H,3-5H2;2H2,1H3,(H,4,5). The van der Waals surface area contributed by atoms with E-state index in [1.54, 1.807) is 6.92 Å². The first-order valence-electron chi connectivity index (χ1n) is 4.76. The minimum atomic E-state index is -1.21. The summed E-state index contributed by atoms with van der Waals surface area (Å²) in [5.74, 6) is 1.98. The van der Waals surface area contributed by atoms with Crippen LogP contribution >= 0.6 is 0 Å². The molecule has 3 nitrogen and oxygen atoms in total. The van der Waals surface area contributed by atoms with Crippen LogP contribution in [0.1, 0.15) is 26.2 Å². The highest BCUT2D eigenvalue weighted by molar-refractivity contribution is 5.56. The topological polar surface area (TPSA) is 46.5 Å². The van der Waals surface area contributed by atoms with E-state index in [9.17, 15) is 4.79 Å². The van der Waals surface area contributed by atoms with E-state index in [1.165, 1.54) is 19.3 Å². The molecule has 0 saturated heterocycles. The molecule has 0 aromatic carbocycles. The van der Waals surface area contributed by atoms with Crippen molar-refractivity contribution in [3.63, 3.8) is 0 Å². The zero-order valence-corrected chi connectivity index (χ0v) is 7.90. The van der Waals surface area contributed by atoms with E-state index in [1.807, 2.05) is 0 Å². The summed E-state index contributed by atoms with van der Waals surface area (Å²) in [4.78, 5) is 9.38. The molecule has 0 spiro atoms. The molecule has 3 heteroatoms. The van der Waals surface area contributed by atoms with E-state index in [-0.39, 0.29) is 6.61 Å². The van der Waals surface area contributed by atoms with Gasteiger partial charge in [0.15, 0.2) is 0 Å². The number of allylic oxidation sites excluding steroid dienone is 2. The molecule has 2 atom stereocenters. The van der Waals surface area contributed by atoms with Crippen molar-refractivity contribution in [2.45, 2.75) is 26.2 Å². The van der Waals surface area contributed by atoms with Gasteiger partial charge in [0, 0.05) is 0 Å². The van der Waals surface area contributed by atoms with Crippen LogP contribution in [0, 0.1) is 11.8 Å². The van der Waals surface area contributed by atoms with Crippen molar-refractivity contribution in [3.05, 3.63) is 12.2 Å². The molecular weight excluding hydrogens is 168 g/mol. The fraction of sp³-hybridized carbons (Fsp3) is 0.700. The number of carboxylic acid groups (broad SMARTS) is 1. The average Bonchev–Trinajstić information content (AvgIpc) is 2.66. The van der Waals surface area contributed by atoms with Crippen LogP contribution in [0.15, 0.2) is 12.2 Å². The molecular formula is C10H16O3. The fourth-order valence-electron chi connectivity index (χ4n) is 1.84. The van der Waals surface area contributed by atoms with Crippen LogP contribution in [0.2, 0.25) is 0 Å². The van der Waals surface area contributed by atoms with Crippen LogP contribution in [0.4, 0.5) is 4.79 Å². The third-order valence-corrected chi connectivity index (χ3v) is 2.44. The molecule has 0 aromatic heterocycles. The minimum Gasteiger partial charge on any atom is -0.450 e. The molecule has 1 saturated carbocycles. The lowest BCUT2D eigenvalue weighted by molar-refractivity contribution is 0.0966. The van der Waals surface area contributed by atoms with Crippen molar-refractivity contribution in [1.29, 1.82) is 0 Å². The SMILES string of the molecule is C1=CC2CCC1C2.CCOC(=O)O. The van der Waals surface area contributed by atoms with Crippen molar-refractivity contribution in [1.82, 2.24) is 0 Å². The zero-order chi connectivity index (χ0) is 9.68. The van der Waals surface area contributed by atoms with Gasteiger partial charge >= 0.3 is 6.16 Å². The zero-order valence-electron chi connectivity index (χ0n) is 7.90. The Morgan fingerprint density at radius 3 is 2.08 bits per heavy atom. The van der Waals surface area contributed by atoms with Crippen molar-refractivity contribution < 1.29 is 14.6 Å². The van der Waals surface area contributed by atoms with Crippen molar-refractivity contribution in [2.75, 3.05) is 6.61 Å². The molecule has 13 heavy (non-hydrogen) atoms. The van der Waals surface area contributed by atoms with Crippen molar-refractivity contribution >= 4 is 6.16 Å². The molecule has 2 bridgehead atoms. The number of hydrogen-bond donors (Lipinski definition) is 1. The molecule has 0 aliphatic heterocycles. The van der Waals surface area contributed by atoms with Crippen LogP contribution < -0.4 is 0 Å². The molecule has 2 rings (SSSR count). The lowest BCUT2D eigenvalue weighted by atomic mass is 10.1. The van der Waals surface area contributed by atoms with Gasteiger partial charge in [-0.2, -0.15) is 0 Å². The summed E-state index contributed by atoms with van der Waals surface area (Å²) in [6, 6.07) is 0. The first-order valence-corrected chi connectivity index (χ1v) is 4.76. The summed E-state index contributed by atoms with van der Waals surface area (Å²) in [6.07, 6.45) is 7.97. The summed E-state index contributed by atoms with van der Waals surface area (Å²) >= 11 is 0. The number of fused-ring (bicyclic) bond motifs is 2. The fourth-order valence-corrected chi connectivity index (χ4v) is 1.84. The summed E-state index contributed by atoms with van der Waals surface area (Å²) in [5, 5.41) is 7.69. The second-order valence-electron chi connectivity index (χ2n) is 3.42. The summed E-state index contributed by atoms with van der Waals surface area (Å²) in [7, 11) is 0. The Kier molecular flexibility index (Phi) is 3.80. The van der Waals surface area contributed by atoms with Gasteiger partial charge in [-0.3, -0.25) is 0 Å². The van der Waals surface area contributed by atoms with Gasteiger partial charge in [-0.05, 0) is 38.0 Å². The minimum absolute atomic E-state index is 0.231. The van der Waals surface area contributed by atoms with E-state index < -0.39 is 6.16 Å². The van der Waals surface area contributed by atoms with Gasteiger partial charge in [-0.1, -0.05) is 12.2 Å². The first kappa shape index (κ1) is 10.1. The van der Waals surface area contributed by atoms with Gasteiger partial charge in [0.25, 0.3) is 0 Å². The number of rotatable bonds is 1. The number of hydrogen-bond acceptors (Lipinski definition) is 2. The monoisotopic (exact) mass is 184 g/mol. The van der Waals surface area contributed by atoms with E-state index in [0.29, 0.717) is 0 Å². The third kappa shape index (κ3) is 3.49. The van der Waals surface area contributed by atoms with E-state index >= 15 is 0 Å². The smallest absolute Gasteiger partial charge is 0.450 e. The highest BCUT2D eigenvalue weighted by atomic mass is 16.7. The molecule has 74 valence electrons. The maximum atomic E-state index is 9.38. The van der Waals surface area contributed by atoms with Gasteiger partial charge in [0.2, 0.25) is 0 Å². The van der Waals surface area contributed by atoms with Crippen LogP contribution in [0.5, 0.6) is 0 Å². The normalized spacial score (nSPS) is 28.1. The molecule has 0 amide bonds. The largest absolute Gasteiger partial charge is 0.505 e. The van der Waals surface area contributed by atoms with Crippen molar-refractivity contribution in [3.8, 4) is 0 Å². The third-order valence-electron chi connectivity index (χ3n) is 2.44. The predicted octanol–water partition coefficient (Wildman–Crippen LogP) is 2.67. The molecule has 0 aromatic rings. The predicted molar refractivity (Wildman–Crippen MR) is 49.6 cm³/mol. The van der Waals surface area contributed by atoms with Crippen LogP contribution in [-0.2, 0) is 4.74 Å². The Labute approximate surface area is 78.4 Å². The van der Waals surface area contributed by atoms with Gasteiger partial charge in [0.05, 0.1) is 6.61 Å². The lowest BCUT2D eigenvalue weighted by Crippen LogP contribution is -1.97. The highest BCUT2D eigenvalue weighted by Gasteiger charge is 2.25. The van der Waals surface area contributed by atoms with Crippen molar-refractivity contribution in [2.24, 2.45) is 11.8 Å². The molecule has 2 aliphatic carbocycles. The van der Waals surface area contributed by atoms with Gasteiger partial charge in [0.1, 0.15) is 0 Å². The van der Waals surface area contributed by atoms with Crippen LogP contribution in [0.3, 0.4) is 0 Å². The second-order valence-corrected chi connectivity index (χ2v) is 3.42. The Morgan fingerprint density at radius 2 is 2.00 bits per heavy atom. The number of carbonyl (C=O) groups is 1. The molecule has 2 unspecified atom stereocenters. The maximum Gasteiger partial charge on any atom is 0.505 e. The maximum absolute atomic E-state index is 9.38. The summed E-state index contributed by atoms with van der Waals surface area (Å²) in [6.45, 7) is 1.85. The molecule has 0 radical (unpaired) electrons. The molecule has 1 N–H and O–H groups in total. The summed E-state index contributed by atoms with van der Waals surface area (Å²) in [5.41, 5.74) is 0.